The van der Waals surface area contributed by atoms with E-state index in [1.54, 1.807) is 37.4 Å². The van der Waals surface area contributed by atoms with Crippen LogP contribution in [-0.4, -0.2) is 65.8 Å². The summed E-state index contributed by atoms with van der Waals surface area (Å²) in [6, 6.07) is 15.6. The lowest BCUT2D eigenvalue weighted by atomic mass is 9.94. The van der Waals surface area contributed by atoms with E-state index >= 15 is 0 Å². The van der Waals surface area contributed by atoms with Crippen LogP contribution in [0.25, 0.3) is 16.5 Å². The maximum atomic E-state index is 13.2. The fourth-order valence-corrected chi connectivity index (χ4v) is 4.48. The number of benzene rings is 3. The van der Waals surface area contributed by atoms with Gasteiger partial charge in [0, 0.05) is 24.2 Å². The van der Waals surface area contributed by atoms with Crippen LogP contribution in [-0.2, 0) is 9.59 Å². The van der Waals surface area contributed by atoms with E-state index < -0.39 is 22.7 Å². The molecule has 1 N–H and O–H groups in total. The first-order valence-electron chi connectivity index (χ1n) is 11.5. The van der Waals surface area contributed by atoms with Crippen molar-refractivity contribution in [3.63, 3.8) is 0 Å². The summed E-state index contributed by atoms with van der Waals surface area (Å²) >= 11 is 0. The third-order valence-corrected chi connectivity index (χ3v) is 6.26. The number of aliphatic hydroxyl groups is 1. The Morgan fingerprint density at radius 1 is 1.08 bits per heavy atom. The standard InChI is InChI=1S/C27H27N3O6/c1-28(2)12-5-13-29-24(19-6-4-7-21(15-19)30(34)35)23(26(32)27(29)33)25(31)20-9-8-18-16-22(36-3)11-10-17(18)14-20/h4,6-11,14-16,24,31H,5,12-13H2,1-3H3/b25-23+. The molecule has 1 fully saturated rings. The van der Waals surface area contributed by atoms with Crippen LogP contribution in [0.3, 0.4) is 0 Å². The second kappa shape index (κ2) is 10.2. The lowest BCUT2D eigenvalue weighted by molar-refractivity contribution is -0.384. The summed E-state index contributed by atoms with van der Waals surface area (Å²) in [5.41, 5.74) is 0.513. The quantitative estimate of drug-likeness (QED) is 0.166. The molecule has 0 saturated carbocycles. The molecule has 0 radical (unpaired) electrons. The second-order valence-corrected chi connectivity index (χ2v) is 8.93. The molecule has 1 atom stereocenters. The number of carbonyl (C=O) groups is 2. The molecule has 0 aliphatic carbocycles. The van der Waals surface area contributed by atoms with Crippen molar-refractivity contribution >= 4 is 33.9 Å². The third-order valence-electron chi connectivity index (χ3n) is 6.26. The number of Topliss-reactive ketones (excluding diaryl/α,β-unsaturated/α-hetero) is 1. The number of nitro groups is 1. The largest absolute Gasteiger partial charge is 0.507 e. The minimum atomic E-state index is -0.946. The number of methoxy groups -OCH3 is 1. The zero-order valence-electron chi connectivity index (χ0n) is 20.3. The van der Waals surface area contributed by atoms with Crippen LogP contribution in [0.4, 0.5) is 5.69 Å². The topological polar surface area (TPSA) is 113 Å². The molecule has 0 spiro atoms. The predicted octanol–water partition coefficient (Wildman–Crippen LogP) is 4.13. The van der Waals surface area contributed by atoms with Crippen LogP contribution in [0.15, 0.2) is 66.2 Å². The van der Waals surface area contributed by atoms with Gasteiger partial charge in [-0.25, -0.2) is 0 Å². The third kappa shape index (κ3) is 4.78. The molecule has 1 amide bonds. The first-order valence-corrected chi connectivity index (χ1v) is 11.5. The molecule has 1 aliphatic rings. The molecule has 9 nitrogen and oxygen atoms in total. The van der Waals surface area contributed by atoms with Crippen molar-refractivity contribution in [2.24, 2.45) is 0 Å². The fourth-order valence-electron chi connectivity index (χ4n) is 4.48. The molecular formula is C27H27N3O6. The van der Waals surface area contributed by atoms with Crippen LogP contribution in [0.2, 0.25) is 0 Å². The van der Waals surface area contributed by atoms with Crippen molar-refractivity contribution in [1.82, 2.24) is 9.80 Å². The summed E-state index contributed by atoms with van der Waals surface area (Å²) in [6.45, 7) is 0.934. The van der Waals surface area contributed by atoms with Crippen molar-refractivity contribution in [3.8, 4) is 5.75 Å². The van der Waals surface area contributed by atoms with Gasteiger partial charge in [0.25, 0.3) is 17.4 Å². The van der Waals surface area contributed by atoms with E-state index in [9.17, 15) is 24.8 Å². The van der Waals surface area contributed by atoms with Gasteiger partial charge in [0.15, 0.2) is 0 Å². The van der Waals surface area contributed by atoms with Crippen LogP contribution in [0, 0.1) is 10.1 Å². The van der Waals surface area contributed by atoms with Crippen LogP contribution < -0.4 is 4.74 Å². The Labute approximate surface area is 208 Å². The lowest BCUT2D eigenvalue weighted by Gasteiger charge is -2.25. The van der Waals surface area contributed by atoms with Gasteiger partial charge < -0.3 is 19.6 Å². The van der Waals surface area contributed by atoms with Gasteiger partial charge in [-0.1, -0.05) is 30.3 Å². The highest BCUT2D eigenvalue weighted by atomic mass is 16.6. The zero-order chi connectivity index (χ0) is 26.0. The molecule has 3 aromatic rings. The number of hydrogen-bond acceptors (Lipinski definition) is 7. The van der Waals surface area contributed by atoms with Gasteiger partial charge in [0.2, 0.25) is 0 Å². The molecule has 1 saturated heterocycles. The van der Waals surface area contributed by atoms with Gasteiger partial charge in [-0.05, 0) is 61.6 Å². The smallest absolute Gasteiger partial charge is 0.295 e. The van der Waals surface area contributed by atoms with E-state index in [0.29, 0.717) is 29.8 Å². The van der Waals surface area contributed by atoms with Crippen molar-refractivity contribution in [3.05, 3.63) is 87.5 Å². The first-order chi connectivity index (χ1) is 17.2. The molecule has 1 unspecified atom stereocenters. The number of ketones is 1. The molecule has 186 valence electrons. The SMILES string of the molecule is COc1ccc2cc(/C(O)=C3\C(=O)C(=O)N(CCCN(C)C)C3c3cccc([N+](=O)[O-])c3)ccc2c1. The normalized spacial score (nSPS) is 17.2. The highest BCUT2D eigenvalue weighted by Crippen LogP contribution is 2.40. The molecule has 3 aromatic carbocycles. The number of hydrogen-bond donors (Lipinski definition) is 1. The zero-order valence-corrected chi connectivity index (χ0v) is 20.3. The summed E-state index contributed by atoms with van der Waals surface area (Å²) in [6.07, 6.45) is 0.587. The van der Waals surface area contributed by atoms with Gasteiger partial charge in [-0.3, -0.25) is 19.7 Å². The van der Waals surface area contributed by atoms with E-state index in [1.165, 1.54) is 23.1 Å². The summed E-state index contributed by atoms with van der Waals surface area (Å²) in [7, 11) is 5.38. The molecule has 9 heteroatoms. The lowest BCUT2D eigenvalue weighted by Crippen LogP contribution is -2.32. The maximum absolute atomic E-state index is 13.2. The number of nitro benzene ring substituents is 1. The molecule has 1 aliphatic heterocycles. The van der Waals surface area contributed by atoms with Gasteiger partial charge in [-0.15, -0.1) is 0 Å². The number of nitrogens with zero attached hydrogens (tertiary/aromatic N) is 3. The number of non-ortho nitro benzene ring substituents is 1. The highest BCUT2D eigenvalue weighted by molar-refractivity contribution is 6.46. The van der Waals surface area contributed by atoms with Gasteiger partial charge in [0.1, 0.15) is 11.5 Å². The van der Waals surface area contributed by atoms with E-state index in [0.717, 1.165) is 10.8 Å². The number of likely N-dealkylation sites (tertiary alicyclic amines) is 1. The number of carbonyl (C=O) groups excluding carboxylic acids is 2. The Morgan fingerprint density at radius 2 is 1.81 bits per heavy atom. The average molecular weight is 490 g/mol. The van der Waals surface area contributed by atoms with Gasteiger partial charge in [0.05, 0.1) is 23.6 Å². The van der Waals surface area contributed by atoms with Crippen molar-refractivity contribution in [2.75, 3.05) is 34.3 Å². The van der Waals surface area contributed by atoms with Crippen LogP contribution >= 0.6 is 0 Å². The number of aliphatic hydroxyl groups excluding tert-OH is 1. The molecule has 0 bridgehead atoms. The number of amides is 1. The van der Waals surface area contributed by atoms with Crippen LogP contribution in [0.1, 0.15) is 23.6 Å². The molecule has 0 aromatic heterocycles. The molecule has 36 heavy (non-hydrogen) atoms. The Balaban J connectivity index is 1.84. The summed E-state index contributed by atoms with van der Waals surface area (Å²) < 4.78 is 5.26. The fraction of sp³-hybridized carbons (Fsp3) is 0.259. The number of rotatable bonds is 8. The Kier molecular flexibility index (Phi) is 7.03. The van der Waals surface area contributed by atoms with E-state index in [-0.39, 0.29) is 23.6 Å². The number of fused-ring (bicyclic) bond motifs is 1. The molecular weight excluding hydrogens is 462 g/mol. The van der Waals surface area contributed by atoms with Crippen molar-refractivity contribution < 1.29 is 24.4 Å². The minimum Gasteiger partial charge on any atom is -0.507 e. The van der Waals surface area contributed by atoms with Crippen LogP contribution in [0.5, 0.6) is 5.75 Å². The predicted molar refractivity (Wildman–Crippen MR) is 136 cm³/mol. The summed E-state index contributed by atoms with van der Waals surface area (Å²) in [5.74, 6) is -1.19. The highest BCUT2D eigenvalue weighted by Gasteiger charge is 2.46. The average Bonchev–Trinajstić information content (AvgIpc) is 3.12. The minimum absolute atomic E-state index is 0.0850. The summed E-state index contributed by atoms with van der Waals surface area (Å²) in [5, 5.41) is 24.4. The monoisotopic (exact) mass is 489 g/mol. The van der Waals surface area contributed by atoms with E-state index in [2.05, 4.69) is 0 Å². The molecule has 1 heterocycles. The van der Waals surface area contributed by atoms with Gasteiger partial charge >= 0.3 is 0 Å². The molecule has 4 rings (SSSR count). The summed E-state index contributed by atoms with van der Waals surface area (Å²) in [4.78, 5) is 40.5. The second-order valence-electron chi connectivity index (χ2n) is 8.93. The van der Waals surface area contributed by atoms with Gasteiger partial charge in [-0.2, -0.15) is 0 Å². The Bertz CT molecular complexity index is 1380. The Hall–Kier alpha value is -4.24. The van der Waals surface area contributed by atoms with Crippen molar-refractivity contribution in [2.45, 2.75) is 12.5 Å². The van der Waals surface area contributed by atoms with Crippen molar-refractivity contribution in [1.29, 1.82) is 0 Å². The van der Waals surface area contributed by atoms with E-state index in [4.69, 9.17) is 4.74 Å². The first kappa shape index (κ1) is 24.9. The maximum Gasteiger partial charge on any atom is 0.295 e. The number of ether oxygens (including phenoxy) is 1. The van der Waals surface area contributed by atoms with E-state index in [1.807, 2.05) is 31.1 Å². The Morgan fingerprint density at radius 3 is 2.50 bits per heavy atom.